The number of primary amides is 1. The van der Waals surface area contributed by atoms with Crippen molar-refractivity contribution in [1.29, 1.82) is 0 Å². The number of hydrogen-bond donors (Lipinski definition) is 1. The highest BCUT2D eigenvalue weighted by molar-refractivity contribution is 5.88. The summed E-state index contributed by atoms with van der Waals surface area (Å²) >= 11 is 0. The second kappa shape index (κ2) is 9.60. The van der Waals surface area contributed by atoms with E-state index >= 15 is 0 Å². The number of carbonyl (C=O) groups excluding carboxylic acids is 2. The molecule has 0 fully saturated rings. The van der Waals surface area contributed by atoms with Crippen LogP contribution in [-0.4, -0.2) is 25.6 Å². The normalized spacial score (nSPS) is 12.6. The molecule has 170 valence electrons. The second-order valence-corrected chi connectivity index (χ2v) is 7.67. The molecule has 1 aromatic heterocycles. The molecular weight excluding hydrogens is 426 g/mol. The lowest BCUT2D eigenvalue weighted by molar-refractivity contribution is -0.138. The van der Waals surface area contributed by atoms with Crippen LogP contribution in [0.1, 0.15) is 28.7 Å². The number of rotatable bonds is 8. The van der Waals surface area contributed by atoms with Gasteiger partial charge in [0.25, 0.3) is 5.91 Å². The van der Waals surface area contributed by atoms with E-state index in [1.807, 2.05) is 12.1 Å². The van der Waals surface area contributed by atoms with Crippen molar-refractivity contribution in [2.24, 2.45) is 5.73 Å². The molecule has 8 nitrogen and oxygen atoms in total. The third-order valence-electron chi connectivity index (χ3n) is 5.38. The molecule has 8 heteroatoms. The molecule has 1 aliphatic carbocycles. The lowest BCUT2D eigenvalue weighted by atomic mass is 10.0. The third-order valence-corrected chi connectivity index (χ3v) is 5.38. The Morgan fingerprint density at radius 1 is 1.09 bits per heavy atom. The molecule has 0 spiro atoms. The molecule has 0 aliphatic heterocycles. The van der Waals surface area contributed by atoms with E-state index in [9.17, 15) is 14.4 Å². The number of methoxy groups -OCH3 is 1. The van der Waals surface area contributed by atoms with Gasteiger partial charge in [-0.05, 0) is 66.3 Å². The third kappa shape index (κ3) is 5.23. The lowest BCUT2D eigenvalue weighted by Gasteiger charge is -2.10. The van der Waals surface area contributed by atoms with Crippen LogP contribution in [0, 0.1) is 0 Å². The highest BCUT2D eigenvalue weighted by Crippen LogP contribution is 2.30. The Kier molecular flexibility index (Phi) is 6.44. The molecule has 1 amide bonds. The van der Waals surface area contributed by atoms with Gasteiger partial charge in [-0.2, -0.15) is 0 Å². The summed E-state index contributed by atoms with van der Waals surface area (Å²) in [5.41, 5.74) is 8.82. The van der Waals surface area contributed by atoms with E-state index in [-0.39, 0.29) is 13.2 Å². The largest absolute Gasteiger partial charge is 0.493 e. The number of nitrogens with two attached hydrogens (primary N) is 1. The van der Waals surface area contributed by atoms with Crippen LogP contribution in [-0.2, 0) is 33.8 Å². The first-order valence-corrected chi connectivity index (χ1v) is 10.5. The maximum absolute atomic E-state index is 12.3. The summed E-state index contributed by atoms with van der Waals surface area (Å²) in [5.74, 6) is -0.415. The highest BCUT2D eigenvalue weighted by Gasteiger charge is 2.16. The van der Waals surface area contributed by atoms with Crippen LogP contribution in [0.4, 0.5) is 0 Å². The fraction of sp³-hybridized carbons (Fsp3) is 0.240. The van der Waals surface area contributed by atoms with Crippen LogP contribution in [0.2, 0.25) is 0 Å². The molecule has 33 heavy (non-hydrogen) atoms. The van der Waals surface area contributed by atoms with Crippen molar-refractivity contribution < 1.29 is 28.2 Å². The van der Waals surface area contributed by atoms with Gasteiger partial charge in [0.15, 0.2) is 18.1 Å². The maximum Gasteiger partial charge on any atom is 0.336 e. The monoisotopic (exact) mass is 449 g/mol. The average Bonchev–Trinajstić information content (AvgIpc) is 3.25. The van der Waals surface area contributed by atoms with E-state index in [1.165, 1.54) is 30.4 Å². The topological polar surface area (TPSA) is 118 Å². The zero-order valence-electron chi connectivity index (χ0n) is 18.1. The Hall–Kier alpha value is -4.07. The Balaban J connectivity index is 1.45. The number of aryl methyl sites for hydroxylation is 2. The predicted octanol–water partition coefficient (Wildman–Crippen LogP) is 2.91. The molecule has 0 bridgehead atoms. The van der Waals surface area contributed by atoms with Crippen molar-refractivity contribution in [3.8, 4) is 11.5 Å². The van der Waals surface area contributed by atoms with Crippen LogP contribution in [0.3, 0.4) is 0 Å². The summed E-state index contributed by atoms with van der Waals surface area (Å²) in [6, 6.07) is 10.2. The van der Waals surface area contributed by atoms with Gasteiger partial charge in [-0.3, -0.25) is 4.79 Å². The van der Waals surface area contributed by atoms with Gasteiger partial charge in [0.05, 0.1) is 7.11 Å². The van der Waals surface area contributed by atoms with Gasteiger partial charge in [-0.15, -0.1) is 0 Å². The molecule has 0 radical (unpaired) electrons. The molecule has 0 saturated carbocycles. The number of hydrogen-bond acceptors (Lipinski definition) is 7. The van der Waals surface area contributed by atoms with Crippen LogP contribution >= 0.6 is 0 Å². The van der Waals surface area contributed by atoms with E-state index in [0.717, 1.165) is 24.6 Å². The Labute approximate surface area is 189 Å². The summed E-state index contributed by atoms with van der Waals surface area (Å²) < 4.78 is 21.2. The molecule has 2 N–H and O–H groups in total. The first kappa shape index (κ1) is 22.1. The minimum Gasteiger partial charge on any atom is -0.493 e. The van der Waals surface area contributed by atoms with Crippen LogP contribution in [0.25, 0.3) is 17.0 Å². The van der Waals surface area contributed by atoms with Gasteiger partial charge in [0, 0.05) is 23.1 Å². The van der Waals surface area contributed by atoms with Crippen LogP contribution in [0.15, 0.2) is 51.7 Å². The van der Waals surface area contributed by atoms with Crippen molar-refractivity contribution in [1.82, 2.24) is 0 Å². The van der Waals surface area contributed by atoms with Gasteiger partial charge in [-0.1, -0.05) is 6.07 Å². The first-order chi connectivity index (χ1) is 15.9. The number of ether oxygens (including phenoxy) is 3. The number of fused-ring (bicyclic) bond motifs is 2. The zero-order valence-corrected chi connectivity index (χ0v) is 18.1. The highest BCUT2D eigenvalue weighted by atomic mass is 16.5. The van der Waals surface area contributed by atoms with Crippen LogP contribution in [0.5, 0.6) is 11.5 Å². The van der Waals surface area contributed by atoms with E-state index < -0.39 is 17.5 Å². The second-order valence-electron chi connectivity index (χ2n) is 7.67. The summed E-state index contributed by atoms with van der Waals surface area (Å²) in [7, 11) is 1.46. The molecule has 1 heterocycles. The summed E-state index contributed by atoms with van der Waals surface area (Å²) in [6.07, 6.45) is 5.88. The Morgan fingerprint density at radius 3 is 2.64 bits per heavy atom. The smallest absolute Gasteiger partial charge is 0.336 e. The molecule has 1 aliphatic rings. The molecular formula is C25H23NO7. The Morgan fingerprint density at radius 2 is 1.88 bits per heavy atom. The standard InChI is InChI=1S/C25H23NO7/c1-30-22-9-15(5-7-20(22)31-14-23(26)27)6-8-24(28)32-13-18-12-25(29)33-21-11-17-4-2-3-16(17)10-19(18)21/h5-12H,2-4,13-14H2,1H3,(H2,26,27)/b8-6+. The maximum atomic E-state index is 12.3. The fourth-order valence-corrected chi connectivity index (χ4v) is 3.83. The van der Waals surface area contributed by atoms with Gasteiger partial charge >= 0.3 is 11.6 Å². The van der Waals surface area contributed by atoms with Gasteiger partial charge in [0.2, 0.25) is 0 Å². The van der Waals surface area contributed by atoms with Gasteiger partial charge in [0.1, 0.15) is 12.2 Å². The van der Waals surface area contributed by atoms with E-state index in [1.54, 1.807) is 24.3 Å². The fourth-order valence-electron chi connectivity index (χ4n) is 3.83. The van der Waals surface area contributed by atoms with Crippen LogP contribution < -0.4 is 20.8 Å². The first-order valence-electron chi connectivity index (χ1n) is 10.5. The van der Waals surface area contributed by atoms with Gasteiger partial charge in [-0.25, -0.2) is 9.59 Å². The van der Waals surface area contributed by atoms with Crippen molar-refractivity contribution in [3.63, 3.8) is 0 Å². The summed E-state index contributed by atoms with van der Waals surface area (Å²) in [4.78, 5) is 35.1. The van der Waals surface area contributed by atoms with Crippen molar-refractivity contribution in [2.75, 3.05) is 13.7 Å². The number of amides is 1. The molecule has 3 aromatic rings. The zero-order chi connectivity index (χ0) is 23.4. The number of benzene rings is 2. The summed E-state index contributed by atoms with van der Waals surface area (Å²) in [6.45, 7) is -0.319. The van der Waals surface area contributed by atoms with Crippen molar-refractivity contribution in [3.05, 3.63) is 75.1 Å². The minimum absolute atomic E-state index is 0.0483. The number of carbonyl (C=O) groups is 2. The Bertz CT molecular complexity index is 1310. The van der Waals surface area contributed by atoms with Gasteiger partial charge < -0.3 is 24.4 Å². The van der Waals surface area contributed by atoms with E-state index in [0.29, 0.717) is 28.2 Å². The van der Waals surface area contributed by atoms with E-state index in [4.69, 9.17) is 24.4 Å². The quantitative estimate of drug-likeness (QED) is 0.319. The molecule has 0 unspecified atom stereocenters. The SMILES string of the molecule is COc1cc(/C=C/C(=O)OCc2cc(=O)oc3cc4c(cc23)CCC4)ccc1OCC(N)=O. The molecule has 2 aromatic carbocycles. The molecule has 4 rings (SSSR count). The van der Waals surface area contributed by atoms with Crippen molar-refractivity contribution in [2.45, 2.75) is 25.9 Å². The predicted molar refractivity (Wildman–Crippen MR) is 121 cm³/mol. The average molecular weight is 449 g/mol. The minimum atomic E-state index is -0.600. The van der Waals surface area contributed by atoms with Crippen molar-refractivity contribution >= 4 is 28.9 Å². The van der Waals surface area contributed by atoms with E-state index in [2.05, 4.69) is 0 Å². The lowest BCUT2D eigenvalue weighted by Crippen LogP contribution is -2.20. The molecule has 0 saturated heterocycles. The summed E-state index contributed by atoms with van der Waals surface area (Å²) in [5, 5.41) is 0.781. The number of esters is 1. The molecule has 0 atom stereocenters.